The number of rotatable bonds is 4. The molecule has 0 unspecified atom stereocenters. The Morgan fingerprint density at radius 3 is 2.84 bits per heavy atom. The highest BCUT2D eigenvalue weighted by molar-refractivity contribution is 7.99. The smallest absolute Gasteiger partial charge is 0.251 e. The Bertz CT molecular complexity index is 646. The summed E-state index contributed by atoms with van der Waals surface area (Å²) in [5, 5.41) is 5.75. The van der Waals surface area contributed by atoms with Gasteiger partial charge < -0.3 is 10.7 Å². The summed E-state index contributed by atoms with van der Waals surface area (Å²) in [4.78, 5) is 18.4. The van der Waals surface area contributed by atoms with Gasteiger partial charge in [-0.1, -0.05) is 6.92 Å². The van der Waals surface area contributed by atoms with Crippen molar-refractivity contribution >= 4 is 17.4 Å². The van der Waals surface area contributed by atoms with E-state index in [1.807, 2.05) is 11.6 Å². The average molecular weight is 279 g/mol. The van der Waals surface area contributed by atoms with E-state index in [1.54, 1.807) is 6.92 Å². The molecule has 0 saturated heterocycles. The zero-order valence-corrected chi connectivity index (χ0v) is 12.0. The quantitative estimate of drug-likeness (QED) is 0.832. The molecule has 0 bridgehead atoms. The van der Waals surface area contributed by atoms with Gasteiger partial charge in [-0.25, -0.2) is 4.98 Å². The topological polar surface area (TPSA) is 89.6 Å². The van der Waals surface area contributed by atoms with E-state index in [1.165, 1.54) is 17.8 Å². The summed E-state index contributed by atoms with van der Waals surface area (Å²) < 4.78 is 1.86. The van der Waals surface area contributed by atoms with Gasteiger partial charge >= 0.3 is 0 Å². The molecule has 2 rings (SSSR count). The minimum atomic E-state index is -0.160. The molecule has 2 aromatic rings. The number of anilines is 1. The van der Waals surface area contributed by atoms with Crippen molar-refractivity contribution in [1.29, 1.82) is 0 Å². The van der Waals surface area contributed by atoms with Crippen molar-refractivity contribution < 1.29 is 0 Å². The fraction of sp³-hybridized carbons (Fsp3) is 0.417. The minimum absolute atomic E-state index is 0.160. The maximum atomic E-state index is 11.4. The second kappa shape index (κ2) is 5.48. The van der Waals surface area contributed by atoms with E-state index >= 15 is 0 Å². The predicted octanol–water partition coefficient (Wildman–Crippen LogP) is 1.73. The molecule has 0 atom stereocenters. The summed E-state index contributed by atoms with van der Waals surface area (Å²) in [5.74, 6) is 0. The van der Waals surface area contributed by atoms with E-state index in [4.69, 9.17) is 5.73 Å². The average Bonchev–Trinajstić information content (AvgIpc) is 2.56. The van der Waals surface area contributed by atoms with Crippen molar-refractivity contribution in [3.63, 3.8) is 0 Å². The molecular formula is C12H17N5OS. The van der Waals surface area contributed by atoms with Gasteiger partial charge in [-0.05, 0) is 32.0 Å². The molecule has 0 spiro atoms. The molecule has 0 aromatic carbocycles. The normalized spacial score (nSPS) is 10.9. The van der Waals surface area contributed by atoms with E-state index < -0.39 is 0 Å². The molecule has 0 fully saturated rings. The first-order chi connectivity index (χ1) is 9.01. The zero-order chi connectivity index (χ0) is 14.0. The number of aromatic nitrogens is 4. The first-order valence-electron chi connectivity index (χ1n) is 6.10. The number of nitrogen functional groups attached to an aromatic ring is 1. The largest absolute Gasteiger partial charge is 0.395 e. The molecule has 0 aliphatic carbocycles. The summed E-state index contributed by atoms with van der Waals surface area (Å²) in [6.07, 6.45) is 0.964. The molecule has 0 amide bonds. The summed E-state index contributed by atoms with van der Waals surface area (Å²) in [6, 6.07) is 1.46. The molecule has 19 heavy (non-hydrogen) atoms. The van der Waals surface area contributed by atoms with Gasteiger partial charge in [0.15, 0.2) is 5.16 Å². The van der Waals surface area contributed by atoms with E-state index in [2.05, 4.69) is 22.0 Å². The second-order valence-electron chi connectivity index (χ2n) is 4.32. The lowest BCUT2D eigenvalue weighted by atomic mass is 10.4. The van der Waals surface area contributed by atoms with Crippen LogP contribution in [0.3, 0.4) is 0 Å². The first-order valence-corrected chi connectivity index (χ1v) is 6.91. The number of nitrogens with two attached hydrogens (primary N) is 1. The Kier molecular flexibility index (Phi) is 3.94. The van der Waals surface area contributed by atoms with E-state index in [-0.39, 0.29) is 5.56 Å². The van der Waals surface area contributed by atoms with E-state index in [0.717, 1.165) is 23.7 Å². The molecule has 3 N–H and O–H groups in total. The Morgan fingerprint density at radius 1 is 1.47 bits per heavy atom. The highest BCUT2D eigenvalue weighted by Crippen LogP contribution is 2.31. The van der Waals surface area contributed by atoms with Crippen molar-refractivity contribution in [1.82, 2.24) is 19.7 Å². The van der Waals surface area contributed by atoms with Gasteiger partial charge in [-0.2, -0.15) is 5.10 Å². The minimum Gasteiger partial charge on any atom is -0.395 e. The fourth-order valence-electron chi connectivity index (χ4n) is 1.74. The van der Waals surface area contributed by atoms with Crippen LogP contribution < -0.4 is 11.3 Å². The number of aryl methyl sites for hydroxylation is 3. The van der Waals surface area contributed by atoms with Crippen LogP contribution >= 0.6 is 11.8 Å². The zero-order valence-electron chi connectivity index (χ0n) is 11.2. The Hall–Kier alpha value is -1.76. The Labute approximate surface area is 115 Å². The number of aromatic amines is 1. The lowest BCUT2D eigenvalue weighted by molar-refractivity contribution is 0.555. The summed E-state index contributed by atoms with van der Waals surface area (Å²) >= 11 is 1.34. The van der Waals surface area contributed by atoms with Crippen molar-refractivity contribution in [2.75, 3.05) is 5.73 Å². The number of nitrogens with zero attached hydrogens (tertiary/aromatic N) is 3. The SMILES string of the molecule is CCCn1nc(C)c(N)c1Sc1nc(C)cc(=O)[nH]1. The van der Waals surface area contributed by atoms with Gasteiger partial charge in [-0.3, -0.25) is 9.48 Å². The van der Waals surface area contributed by atoms with Gasteiger partial charge in [0, 0.05) is 18.3 Å². The standard InChI is InChI=1S/C12H17N5OS/c1-4-5-17-11(10(13)8(3)16-17)19-12-14-7(2)6-9(18)15-12/h6H,4-5,13H2,1-3H3,(H,14,15,18). The Morgan fingerprint density at radius 2 is 2.21 bits per heavy atom. The van der Waals surface area contributed by atoms with Crippen LogP contribution in [0.4, 0.5) is 5.69 Å². The van der Waals surface area contributed by atoms with Gasteiger partial charge in [0.05, 0.1) is 11.4 Å². The third-order valence-corrected chi connectivity index (χ3v) is 3.61. The second-order valence-corrected chi connectivity index (χ2v) is 5.30. The third kappa shape index (κ3) is 2.98. The number of hydrogen-bond donors (Lipinski definition) is 2. The molecule has 102 valence electrons. The molecule has 0 radical (unpaired) electrons. The van der Waals surface area contributed by atoms with Gasteiger partial charge in [0.2, 0.25) is 0 Å². The van der Waals surface area contributed by atoms with Crippen LogP contribution in [0.2, 0.25) is 0 Å². The first kappa shape index (κ1) is 13.7. The van der Waals surface area contributed by atoms with Gasteiger partial charge in [-0.15, -0.1) is 0 Å². The highest BCUT2D eigenvalue weighted by atomic mass is 32.2. The molecule has 7 heteroatoms. The molecule has 0 aliphatic rings. The van der Waals surface area contributed by atoms with Crippen LogP contribution in [-0.2, 0) is 6.54 Å². The summed E-state index contributed by atoms with van der Waals surface area (Å²) in [6.45, 7) is 6.53. The maximum absolute atomic E-state index is 11.4. The van der Waals surface area contributed by atoms with Crippen molar-refractivity contribution in [3.05, 3.63) is 27.8 Å². The van der Waals surface area contributed by atoms with E-state index in [9.17, 15) is 4.79 Å². The highest BCUT2D eigenvalue weighted by Gasteiger charge is 2.14. The lowest BCUT2D eigenvalue weighted by Gasteiger charge is -2.06. The van der Waals surface area contributed by atoms with Crippen LogP contribution in [-0.4, -0.2) is 19.7 Å². The van der Waals surface area contributed by atoms with Crippen molar-refractivity contribution in [2.24, 2.45) is 0 Å². The molecule has 0 saturated carbocycles. The third-order valence-electron chi connectivity index (χ3n) is 2.60. The molecular weight excluding hydrogens is 262 g/mol. The number of hydrogen-bond acceptors (Lipinski definition) is 5. The molecule has 2 aromatic heterocycles. The van der Waals surface area contributed by atoms with Crippen LogP contribution in [0.25, 0.3) is 0 Å². The molecule has 0 aliphatic heterocycles. The van der Waals surface area contributed by atoms with Crippen LogP contribution in [0.1, 0.15) is 24.7 Å². The molecule has 6 nitrogen and oxygen atoms in total. The van der Waals surface area contributed by atoms with Gasteiger partial charge in [0.25, 0.3) is 5.56 Å². The van der Waals surface area contributed by atoms with Gasteiger partial charge in [0.1, 0.15) is 5.03 Å². The Balaban J connectivity index is 2.39. The number of H-pyrrole nitrogens is 1. The van der Waals surface area contributed by atoms with Crippen LogP contribution in [0, 0.1) is 13.8 Å². The predicted molar refractivity (Wildman–Crippen MR) is 75.4 cm³/mol. The molecule has 2 heterocycles. The monoisotopic (exact) mass is 279 g/mol. The fourth-order valence-corrected chi connectivity index (χ4v) is 2.76. The van der Waals surface area contributed by atoms with E-state index in [0.29, 0.717) is 16.5 Å². The van der Waals surface area contributed by atoms with Crippen LogP contribution in [0.5, 0.6) is 0 Å². The van der Waals surface area contributed by atoms with Crippen molar-refractivity contribution in [2.45, 2.75) is 43.9 Å². The van der Waals surface area contributed by atoms with Crippen LogP contribution in [0.15, 0.2) is 21.0 Å². The summed E-state index contributed by atoms with van der Waals surface area (Å²) in [7, 11) is 0. The lowest BCUT2D eigenvalue weighted by Crippen LogP contribution is -2.09. The van der Waals surface area contributed by atoms with Crippen molar-refractivity contribution in [3.8, 4) is 0 Å². The maximum Gasteiger partial charge on any atom is 0.251 e. The number of nitrogens with one attached hydrogen (secondary N) is 1. The summed E-state index contributed by atoms with van der Waals surface area (Å²) in [5.41, 5.74) is 8.00.